The summed E-state index contributed by atoms with van der Waals surface area (Å²) < 4.78 is 10.7. The molecule has 2 nitrogen and oxygen atoms in total. The minimum Gasteiger partial charge on any atom is -0.496 e. The smallest absolute Gasteiger partial charge is 0.122 e. The van der Waals surface area contributed by atoms with Crippen LogP contribution in [0.5, 0.6) is 11.5 Å². The number of rotatable bonds is 2. The molecule has 0 unspecified atom stereocenters. The van der Waals surface area contributed by atoms with Crippen molar-refractivity contribution in [2.24, 2.45) is 0 Å². The van der Waals surface area contributed by atoms with Gasteiger partial charge in [-0.1, -0.05) is 39.8 Å². The predicted octanol–water partition coefficient (Wildman–Crippen LogP) is 6.45. The molecule has 0 aromatic heterocycles. The van der Waals surface area contributed by atoms with E-state index in [1.54, 1.807) is 14.2 Å². The Hall–Kier alpha value is -1.96. The van der Waals surface area contributed by atoms with Gasteiger partial charge in [-0.3, -0.25) is 0 Å². The molecule has 0 saturated carbocycles. The van der Waals surface area contributed by atoms with Crippen molar-refractivity contribution in [1.82, 2.24) is 0 Å². The number of methoxy groups -OCH3 is 2. The summed E-state index contributed by atoms with van der Waals surface area (Å²) in [4.78, 5) is 0. The van der Waals surface area contributed by atoms with Crippen molar-refractivity contribution >= 4 is 0 Å². The van der Waals surface area contributed by atoms with E-state index in [9.17, 15) is 0 Å². The fourth-order valence-electron chi connectivity index (χ4n) is 5.08. The molecule has 0 amide bonds. The van der Waals surface area contributed by atoms with Crippen LogP contribution in [0.3, 0.4) is 0 Å². The van der Waals surface area contributed by atoms with E-state index < -0.39 is 0 Å². The standard InChI is InChI=1S/2C13H18O/c1-9-7-10-5-6-13(2,3)11(10)8-12(9)14-4;1-9-11(14-4)6-5-10-7-8-13(2,3)12(9)10/h7-8H,5-6H2,1-4H3;5-6H,7-8H2,1-4H3. The minimum absolute atomic E-state index is 0.327. The monoisotopic (exact) mass is 380 g/mol. The first kappa shape index (κ1) is 20.8. The average molecular weight is 381 g/mol. The lowest BCUT2D eigenvalue weighted by Gasteiger charge is -2.22. The van der Waals surface area contributed by atoms with Crippen molar-refractivity contribution in [3.05, 3.63) is 57.6 Å². The second-order valence-electron chi connectivity index (χ2n) is 9.67. The number of aryl methyl sites for hydroxylation is 3. The van der Waals surface area contributed by atoms with E-state index in [2.05, 4.69) is 65.8 Å². The molecule has 0 aliphatic heterocycles. The van der Waals surface area contributed by atoms with Gasteiger partial charge in [0.15, 0.2) is 0 Å². The van der Waals surface area contributed by atoms with Crippen molar-refractivity contribution in [3.63, 3.8) is 0 Å². The third-order valence-corrected chi connectivity index (χ3v) is 6.79. The number of fused-ring (bicyclic) bond motifs is 2. The Labute approximate surface area is 171 Å². The summed E-state index contributed by atoms with van der Waals surface area (Å²) in [5.74, 6) is 2.05. The summed E-state index contributed by atoms with van der Waals surface area (Å²) >= 11 is 0. The van der Waals surface area contributed by atoms with Crippen molar-refractivity contribution in [2.75, 3.05) is 14.2 Å². The molecule has 0 spiro atoms. The maximum Gasteiger partial charge on any atom is 0.122 e. The number of hydrogen-bond acceptors (Lipinski definition) is 2. The zero-order valence-electron chi connectivity index (χ0n) is 19.0. The molecule has 0 saturated heterocycles. The van der Waals surface area contributed by atoms with Gasteiger partial charge in [-0.15, -0.1) is 0 Å². The van der Waals surface area contributed by atoms with Crippen LogP contribution in [0, 0.1) is 13.8 Å². The number of ether oxygens (including phenoxy) is 2. The topological polar surface area (TPSA) is 18.5 Å². The summed E-state index contributed by atoms with van der Waals surface area (Å²) in [6, 6.07) is 8.81. The molecule has 2 aromatic carbocycles. The third-order valence-electron chi connectivity index (χ3n) is 6.79. The molecule has 0 N–H and O–H groups in total. The van der Waals surface area contributed by atoms with Gasteiger partial charge in [-0.2, -0.15) is 0 Å². The van der Waals surface area contributed by atoms with Crippen LogP contribution in [-0.4, -0.2) is 14.2 Å². The van der Waals surface area contributed by atoms with Gasteiger partial charge in [0.1, 0.15) is 11.5 Å². The fourth-order valence-corrected chi connectivity index (χ4v) is 5.08. The lowest BCUT2D eigenvalue weighted by molar-refractivity contribution is 0.409. The Morgan fingerprint density at radius 1 is 0.750 bits per heavy atom. The van der Waals surface area contributed by atoms with Crippen LogP contribution in [0.4, 0.5) is 0 Å². The molecule has 2 aliphatic rings. The quantitative estimate of drug-likeness (QED) is 0.595. The molecule has 2 aliphatic carbocycles. The second-order valence-corrected chi connectivity index (χ2v) is 9.67. The van der Waals surface area contributed by atoms with Gasteiger partial charge in [0.2, 0.25) is 0 Å². The van der Waals surface area contributed by atoms with Gasteiger partial charge < -0.3 is 9.47 Å². The van der Waals surface area contributed by atoms with Crippen LogP contribution in [-0.2, 0) is 23.7 Å². The van der Waals surface area contributed by atoms with Crippen LogP contribution < -0.4 is 9.47 Å². The summed E-state index contributed by atoms with van der Waals surface area (Å²) in [7, 11) is 3.49. The van der Waals surface area contributed by atoms with Crippen molar-refractivity contribution < 1.29 is 9.47 Å². The number of hydrogen-bond donors (Lipinski definition) is 0. The lowest BCUT2D eigenvalue weighted by Crippen LogP contribution is -2.14. The predicted molar refractivity (Wildman–Crippen MR) is 118 cm³/mol. The van der Waals surface area contributed by atoms with Gasteiger partial charge in [-0.25, -0.2) is 0 Å². The molecular formula is C26H36O2. The van der Waals surface area contributed by atoms with E-state index in [4.69, 9.17) is 9.47 Å². The van der Waals surface area contributed by atoms with Crippen molar-refractivity contribution in [3.8, 4) is 11.5 Å². The van der Waals surface area contributed by atoms with E-state index in [1.165, 1.54) is 59.1 Å². The van der Waals surface area contributed by atoms with Crippen LogP contribution in [0.15, 0.2) is 24.3 Å². The zero-order chi connectivity index (χ0) is 20.7. The van der Waals surface area contributed by atoms with Gasteiger partial charge in [-0.05, 0) is 95.9 Å². The van der Waals surface area contributed by atoms with E-state index in [1.807, 2.05) is 0 Å². The fraction of sp³-hybridized carbons (Fsp3) is 0.538. The Morgan fingerprint density at radius 3 is 2.00 bits per heavy atom. The van der Waals surface area contributed by atoms with Gasteiger partial charge >= 0.3 is 0 Å². The molecule has 4 rings (SSSR count). The Kier molecular flexibility index (Phi) is 5.53. The van der Waals surface area contributed by atoms with Crippen LogP contribution in [0.1, 0.15) is 73.9 Å². The average Bonchev–Trinajstić information content (AvgIpc) is 3.11. The number of benzene rings is 2. The van der Waals surface area contributed by atoms with Crippen LogP contribution in [0.25, 0.3) is 0 Å². The largest absolute Gasteiger partial charge is 0.496 e. The van der Waals surface area contributed by atoms with Gasteiger partial charge in [0.05, 0.1) is 14.2 Å². The second kappa shape index (κ2) is 7.46. The summed E-state index contributed by atoms with van der Waals surface area (Å²) in [6.07, 6.45) is 4.95. The SMILES string of the molecule is COc1cc2c(cc1C)CCC2(C)C.COc1ccc2c(c1C)C(C)(C)CC2. The van der Waals surface area contributed by atoms with E-state index in [0.29, 0.717) is 10.8 Å². The molecular weight excluding hydrogens is 344 g/mol. The van der Waals surface area contributed by atoms with Crippen LogP contribution in [0.2, 0.25) is 0 Å². The molecule has 0 heterocycles. The van der Waals surface area contributed by atoms with E-state index in [0.717, 1.165) is 11.5 Å². The maximum absolute atomic E-state index is 5.36. The highest BCUT2D eigenvalue weighted by Gasteiger charge is 2.32. The molecule has 2 aromatic rings. The van der Waals surface area contributed by atoms with Crippen LogP contribution >= 0.6 is 0 Å². The maximum atomic E-state index is 5.36. The zero-order valence-corrected chi connectivity index (χ0v) is 19.0. The summed E-state index contributed by atoms with van der Waals surface area (Å²) in [6.45, 7) is 13.6. The minimum atomic E-state index is 0.327. The first-order valence-corrected chi connectivity index (χ1v) is 10.5. The Balaban J connectivity index is 0.000000161. The highest BCUT2D eigenvalue weighted by atomic mass is 16.5. The molecule has 0 radical (unpaired) electrons. The molecule has 0 bridgehead atoms. The molecule has 0 fully saturated rings. The molecule has 152 valence electrons. The highest BCUT2D eigenvalue weighted by Crippen LogP contribution is 2.43. The first-order chi connectivity index (χ1) is 13.1. The first-order valence-electron chi connectivity index (χ1n) is 10.5. The van der Waals surface area contributed by atoms with Gasteiger partial charge in [0.25, 0.3) is 0 Å². The molecule has 28 heavy (non-hydrogen) atoms. The van der Waals surface area contributed by atoms with Gasteiger partial charge in [0, 0.05) is 0 Å². The van der Waals surface area contributed by atoms with E-state index >= 15 is 0 Å². The summed E-state index contributed by atoms with van der Waals surface area (Å²) in [5.41, 5.74) is 9.24. The Morgan fingerprint density at radius 2 is 1.36 bits per heavy atom. The van der Waals surface area contributed by atoms with E-state index in [-0.39, 0.29) is 0 Å². The van der Waals surface area contributed by atoms with Crippen molar-refractivity contribution in [2.45, 2.75) is 78.1 Å². The molecule has 0 atom stereocenters. The molecule has 2 heteroatoms. The Bertz CT molecular complexity index is 872. The lowest BCUT2D eigenvalue weighted by atomic mass is 9.84. The normalized spacial score (nSPS) is 18.0. The van der Waals surface area contributed by atoms with Crippen molar-refractivity contribution in [1.29, 1.82) is 0 Å². The third kappa shape index (κ3) is 3.66. The summed E-state index contributed by atoms with van der Waals surface area (Å²) in [5, 5.41) is 0. The highest BCUT2D eigenvalue weighted by molar-refractivity contribution is 5.50.